The topological polar surface area (TPSA) is 44.8 Å². The maximum atomic E-state index is 12.9. The van der Waals surface area contributed by atoms with Crippen molar-refractivity contribution in [1.29, 1.82) is 0 Å². The van der Waals surface area contributed by atoms with Crippen molar-refractivity contribution in [3.05, 3.63) is 11.6 Å². The van der Waals surface area contributed by atoms with Crippen LogP contribution in [-0.2, 0) is 18.4 Å². The molecule has 0 aromatic heterocycles. The zero-order valence-electron chi connectivity index (χ0n) is 21.9. The van der Waals surface area contributed by atoms with Gasteiger partial charge in [-0.2, -0.15) is 0 Å². The first-order valence-electron chi connectivity index (χ1n) is 11.7. The van der Waals surface area contributed by atoms with Crippen LogP contribution in [0.1, 0.15) is 67.2 Å². The van der Waals surface area contributed by atoms with Gasteiger partial charge in [0.2, 0.25) is 0 Å². The Labute approximate surface area is 192 Å². The molecule has 0 spiro atoms. The van der Waals surface area contributed by atoms with Crippen molar-refractivity contribution in [1.82, 2.24) is 0 Å². The third-order valence-electron chi connectivity index (χ3n) is 7.57. The third kappa shape index (κ3) is 7.24. The Morgan fingerprint density at radius 1 is 1.00 bits per heavy atom. The van der Waals surface area contributed by atoms with Crippen LogP contribution < -0.4 is 0 Å². The van der Waals surface area contributed by atoms with E-state index in [9.17, 15) is 9.18 Å². The van der Waals surface area contributed by atoms with Gasteiger partial charge in [0.1, 0.15) is 0 Å². The van der Waals surface area contributed by atoms with Gasteiger partial charge in [-0.25, -0.2) is 4.79 Å². The van der Waals surface area contributed by atoms with E-state index in [0.717, 1.165) is 12.8 Å². The molecule has 0 N–H and O–H groups in total. The lowest BCUT2D eigenvalue weighted by Crippen LogP contribution is -2.53. The van der Waals surface area contributed by atoms with Gasteiger partial charge >= 0.3 is 5.97 Å². The summed E-state index contributed by atoms with van der Waals surface area (Å²) in [6.07, 6.45) is 4.26. The van der Waals surface area contributed by atoms with Crippen LogP contribution in [0.5, 0.6) is 0 Å². The number of esters is 1. The monoisotopic (exact) mass is 474 g/mol. The molecule has 0 amide bonds. The van der Waals surface area contributed by atoms with Crippen molar-refractivity contribution in [3.63, 3.8) is 0 Å². The highest BCUT2D eigenvalue weighted by molar-refractivity contribution is 6.74. The van der Waals surface area contributed by atoms with Gasteiger partial charge in [0.15, 0.2) is 16.6 Å². The maximum absolute atomic E-state index is 12.9. The van der Waals surface area contributed by atoms with Crippen molar-refractivity contribution >= 4 is 22.6 Å². The van der Waals surface area contributed by atoms with Crippen LogP contribution in [0.3, 0.4) is 0 Å². The van der Waals surface area contributed by atoms with E-state index in [1.165, 1.54) is 7.11 Å². The molecule has 1 aliphatic rings. The lowest BCUT2D eigenvalue weighted by molar-refractivity contribution is -0.138. The van der Waals surface area contributed by atoms with Crippen molar-refractivity contribution in [2.45, 2.75) is 116 Å². The maximum Gasteiger partial charge on any atom is 0.336 e. The SMILES string of the molecule is COC(=O)C1=CC[C@@H](O[Si](C)(C)C(C)(C)C)[C@H](CCCCF)[C@@H]1O[Si](C)(C)C(C)(C)C. The molecule has 0 saturated carbocycles. The van der Waals surface area contributed by atoms with E-state index in [0.29, 0.717) is 18.4 Å². The van der Waals surface area contributed by atoms with E-state index < -0.39 is 16.6 Å². The number of methoxy groups -OCH3 is 1. The largest absolute Gasteiger partial charge is 0.466 e. The average molecular weight is 475 g/mol. The molecule has 182 valence electrons. The van der Waals surface area contributed by atoms with Crippen molar-refractivity contribution in [2.75, 3.05) is 13.8 Å². The molecule has 3 atom stereocenters. The van der Waals surface area contributed by atoms with Crippen LogP contribution in [0.25, 0.3) is 0 Å². The minimum Gasteiger partial charge on any atom is -0.466 e. The normalized spacial score (nSPS) is 23.5. The van der Waals surface area contributed by atoms with Gasteiger partial charge in [0.05, 0.1) is 31.6 Å². The summed E-state index contributed by atoms with van der Waals surface area (Å²) in [5, 5.41) is 0.0869. The van der Waals surface area contributed by atoms with Crippen LogP contribution in [0.15, 0.2) is 11.6 Å². The van der Waals surface area contributed by atoms with Gasteiger partial charge in [-0.3, -0.25) is 4.39 Å². The van der Waals surface area contributed by atoms with E-state index in [1.54, 1.807) is 0 Å². The molecule has 0 aromatic rings. The second-order valence-corrected chi connectivity index (χ2v) is 21.5. The van der Waals surface area contributed by atoms with Gasteiger partial charge in [0.25, 0.3) is 0 Å². The average Bonchev–Trinajstić information content (AvgIpc) is 2.61. The van der Waals surface area contributed by atoms with Gasteiger partial charge in [-0.15, -0.1) is 0 Å². The van der Waals surface area contributed by atoms with Gasteiger partial charge < -0.3 is 13.6 Å². The first kappa shape index (κ1) is 28.5. The third-order valence-corrected chi connectivity index (χ3v) is 16.5. The Bertz CT molecular complexity index is 632. The zero-order valence-corrected chi connectivity index (χ0v) is 23.9. The highest BCUT2D eigenvalue weighted by Crippen LogP contribution is 2.45. The summed E-state index contributed by atoms with van der Waals surface area (Å²) >= 11 is 0. The molecule has 1 rings (SSSR count). The molecule has 0 heterocycles. The Kier molecular flexibility index (Phi) is 9.77. The minimum atomic E-state index is -2.17. The van der Waals surface area contributed by atoms with Crippen LogP contribution in [0, 0.1) is 5.92 Å². The lowest BCUT2D eigenvalue weighted by atomic mass is 9.80. The highest BCUT2D eigenvalue weighted by atomic mass is 28.4. The number of ether oxygens (including phenoxy) is 1. The number of halogens is 1. The highest BCUT2D eigenvalue weighted by Gasteiger charge is 2.48. The van der Waals surface area contributed by atoms with Crippen molar-refractivity contribution in [3.8, 4) is 0 Å². The molecule has 0 bridgehead atoms. The Balaban J connectivity index is 3.41. The van der Waals surface area contributed by atoms with Crippen molar-refractivity contribution < 1.29 is 22.8 Å². The summed E-state index contributed by atoms with van der Waals surface area (Å²) in [5.74, 6) is -0.320. The molecule has 31 heavy (non-hydrogen) atoms. The first-order valence-corrected chi connectivity index (χ1v) is 17.5. The number of hydrogen-bond donors (Lipinski definition) is 0. The Hall–Kier alpha value is -0.506. The number of alkyl halides is 1. The second-order valence-electron chi connectivity index (χ2n) is 12.0. The summed E-state index contributed by atoms with van der Waals surface area (Å²) in [5.41, 5.74) is 0.604. The quantitative estimate of drug-likeness (QED) is 0.204. The lowest BCUT2D eigenvalue weighted by Gasteiger charge is -2.48. The fourth-order valence-corrected chi connectivity index (χ4v) is 6.10. The van der Waals surface area contributed by atoms with Gasteiger partial charge in [-0.1, -0.05) is 54.0 Å². The number of carbonyl (C=O) groups excluding carboxylic acids is 1. The molecular weight excluding hydrogens is 427 g/mol. The molecule has 1 aliphatic carbocycles. The van der Waals surface area contributed by atoms with Crippen LogP contribution in [0.4, 0.5) is 4.39 Å². The zero-order chi connectivity index (χ0) is 24.3. The number of hydrogen-bond acceptors (Lipinski definition) is 4. The molecule has 4 nitrogen and oxygen atoms in total. The molecule has 0 radical (unpaired) electrons. The number of unbranched alkanes of at least 4 members (excludes halogenated alkanes) is 1. The van der Waals surface area contributed by atoms with Crippen LogP contribution in [0.2, 0.25) is 36.3 Å². The Morgan fingerprint density at radius 2 is 1.52 bits per heavy atom. The predicted octanol–water partition coefficient (Wildman–Crippen LogP) is 7.03. The standard InChI is InChI=1S/C24H47FO4Si2/c1-23(2,3)30(8,9)28-20-16-15-19(22(26)27-7)21(18(20)14-12-13-17-25)29-31(10,11)24(4,5)6/h15,18,20-21H,12-14,16-17H2,1-11H3/t18-,20+,21-/m0/s1. The van der Waals surface area contributed by atoms with E-state index in [4.69, 9.17) is 13.6 Å². The fraction of sp³-hybridized carbons (Fsp3) is 0.875. The summed E-state index contributed by atoms with van der Waals surface area (Å²) in [6, 6.07) is 0. The second kappa shape index (κ2) is 10.6. The Morgan fingerprint density at radius 3 is 1.97 bits per heavy atom. The van der Waals surface area contributed by atoms with Crippen molar-refractivity contribution in [2.24, 2.45) is 5.92 Å². The molecule has 0 unspecified atom stereocenters. The van der Waals surface area contributed by atoms with E-state index >= 15 is 0 Å². The van der Waals surface area contributed by atoms with Crippen LogP contribution in [-0.4, -0.2) is 48.6 Å². The molecule has 0 saturated heterocycles. The summed E-state index contributed by atoms with van der Waals surface area (Å²) < 4.78 is 31.8. The van der Waals surface area contributed by atoms with Gasteiger partial charge in [0, 0.05) is 5.92 Å². The summed E-state index contributed by atoms with van der Waals surface area (Å²) in [6.45, 7) is 21.9. The van der Waals surface area contributed by atoms with E-state index in [-0.39, 0.29) is 40.8 Å². The molecular formula is C24H47FO4Si2. The minimum absolute atomic E-state index is 0.00491. The fourth-order valence-electron chi connectivity index (χ4n) is 3.42. The van der Waals surface area contributed by atoms with E-state index in [1.807, 2.05) is 6.08 Å². The van der Waals surface area contributed by atoms with E-state index in [2.05, 4.69) is 67.7 Å². The van der Waals surface area contributed by atoms with Crippen LogP contribution >= 0.6 is 0 Å². The van der Waals surface area contributed by atoms with Gasteiger partial charge in [-0.05, 0) is 55.5 Å². The molecule has 7 heteroatoms. The first-order chi connectivity index (χ1) is 14.0. The number of rotatable bonds is 9. The molecule has 0 aromatic carbocycles. The molecule has 0 aliphatic heterocycles. The summed E-state index contributed by atoms with van der Waals surface area (Å²) in [4.78, 5) is 12.7. The summed E-state index contributed by atoms with van der Waals surface area (Å²) in [7, 11) is -2.78. The molecule has 0 fully saturated rings. The number of carbonyl (C=O) groups is 1. The predicted molar refractivity (Wildman–Crippen MR) is 132 cm³/mol. The smallest absolute Gasteiger partial charge is 0.336 e.